The highest BCUT2D eigenvalue weighted by molar-refractivity contribution is 5.69. The van der Waals surface area contributed by atoms with Gasteiger partial charge in [-0.05, 0) is 5.56 Å². The predicted octanol–water partition coefficient (Wildman–Crippen LogP) is 0.845. The van der Waals surface area contributed by atoms with Crippen LogP contribution in [0.4, 0.5) is 0 Å². The Kier molecular flexibility index (Phi) is 4.02. The van der Waals surface area contributed by atoms with Crippen molar-refractivity contribution in [2.45, 2.75) is 18.4 Å². The predicted molar refractivity (Wildman–Crippen MR) is 78.3 cm³/mol. The number of carbonyl (C=O) groups is 1. The third-order valence-corrected chi connectivity index (χ3v) is 4.43. The van der Waals surface area contributed by atoms with Crippen molar-refractivity contribution in [3.63, 3.8) is 0 Å². The summed E-state index contributed by atoms with van der Waals surface area (Å²) in [6.07, 6.45) is 0.826. The first-order valence-corrected chi connectivity index (χ1v) is 7.40. The number of aliphatic carboxylic acids is 1. The average molecular weight is 281 g/mol. The number of piperidine rings is 1. The van der Waals surface area contributed by atoms with Crippen molar-refractivity contribution >= 4 is 5.97 Å². The third kappa shape index (κ3) is 2.98. The van der Waals surface area contributed by atoms with Crippen LogP contribution in [0.25, 0.3) is 0 Å². The van der Waals surface area contributed by atoms with Crippen LogP contribution < -0.4 is 10.4 Å². The van der Waals surface area contributed by atoms with Crippen LogP contribution in [-0.2, 0) is 4.79 Å². The maximum absolute atomic E-state index is 11.5. The lowest BCUT2D eigenvalue weighted by Gasteiger charge is -2.35. The second-order valence-electron chi connectivity index (χ2n) is 5.67. The minimum atomic E-state index is -0.938. The van der Waals surface area contributed by atoms with Crippen molar-refractivity contribution in [1.82, 2.24) is 0 Å². The van der Waals surface area contributed by atoms with Crippen molar-refractivity contribution < 1.29 is 15.2 Å². The van der Waals surface area contributed by atoms with Gasteiger partial charge >= 0.3 is 0 Å². The van der Waals surface area contributed by atoms with Gasteiger partial charge in [-0.25, -0.2) is 0 Å². The Labute approximate surface area is 124 Å². The first-order chi connectivity index (χ1) is 10.3. The van der Waals surface area contributed by atoms with E-state index in [1.165, 1.54) is 5.56 Å². The molecule has 0 radical (unpaired) electrons. The Morgan fingerprint density at radius 2 is 1.52 bits per heavy atom. The summed E-state index contributed by atoms with van der Waals surface area (Å²) in [5.74, 6) is -1.34. The maximum atomic E-state index is 11.5. The average Bonchev–Trinajstić information content (AvgIpc) is 2.56. The summed E-state index contributed by atoms with van der Waals surface area (Å²) in [6.45, 7) is 0.571. The summed E-state index contributed by atoms with van der Waals surface area (Å²) >= 11 is 0. The van der Waals surface area contributed by atoms with Gasteiger partial charge in [0.2, 0.25) is 0 Å². The molecule has 0 amide bonds. The Bertz CT molecular complexity index is 597. The van der Waals surface area contributed by atoms with E-state index in [-0.39, 0.29) is 5.92 Å². The van der Waals surface area contributed by atoms with E-state index in [1.54, 1.807) is 0 Å². The molecule has 3 atom stereocenters. The van der Waals surface area contributed by atoms with Crippen molar-refractivity contribution in [3.05, 3.63) is 71.8 Å². The molecule has 1 aliphatic heterocycles. The number of rotatable bonds is 3. The van der Waals surface area contributed by atoms with E-state index in [9.17, 15) is 9.90 Å². The molecule has 1 fully saturated rings. The van der Waals surface area contributed by atoms with Crippen LogP contribution in [-0.4, -0.2) is 12.5 Å². The van der Waals surface area contributed by atoms with Gasteiger partial charge in [0.1, 0.15) is 6.04 Å². The van der Waals surface area contributed by atoms with Crippen molar-refractivity contribution in [2.75, 3.05) is 6.54 Å². The molecule has 1 aliphatic rings. The largest absolute Gasteiger partial charge is 0.550 e. The zero-order valence-corrected chi connectivity index (χ0v) is 11.8. The first-order valence-electron chi connectivity index (χ1n) is 7.40. The number of carboxylic acids is 1. The molecule has 2 N–H and O–H groups in total. The molecule has 108 valence electrons. The fraction of sp³-hybridized carbons (Fsp3) is 0.278. The minimum Gasteiger partial charge on any atom is -0.550 e. The topological polar surface area (TPSA) is 56.7 Å². The van der Waals surface area contributed by atoms with Crippen LogP contribution in [0, 0.1) is 5.92 Å². The second-order valence-corrected chi connectivity index (χ2v) is 5.67. The number of quaternary nitrogens is 1. The van der Waals surface area contributed by atoms with E-state index in [0.29, 0.717) is 12.6 Å². The fourth-order valence-corrected chi connectivity index (χ4v) is 3.31. The molecule has 3 nitrogen and oxygen atoms in total. The summed E-state index contributed by atoms with van der Waals surface area (Å²) in [4.78, 5) is 11.5. The smallest absolute Gasteiger partial charge is 0.112 e. The second kappa shape index (κ2) is 6.10. The Morgan fingerprint density at radius 3 is 2.10 bits per heavy atom. The molecule has 1 heterocycles. The standard InChI is InChI=1S/C18H19NO2/c20-18(21)16-12-19-17(14-9-5-2-6-10-14)11-15(16)13-7-3-1-4-8-13/h1-10,15-17,19H,11-12H2,(H,20,21)/t15-,16+,17-/m1/s1. The van der Waals surface area contributed by atoms with Crippen LogP contribution in [0.1, 0.15) is 29.5 Å². The van der Waals surface area contributed by atoms with E-state index in [2.05, 4.69) is 17.4 Å². The van der Waals surface area contributed by atoms with Gasteiger partial charge in [0.05, 0.1) is 18.4 Å². The molecule has 3 rings (SSSR count). The SMILES string of the molecule is O=C([O-])[C@H]1C[NH2+][C@@H](c2ccccc2)C[C@@H]1c1ccccc1. The van der Waals surface area contributed by atoms with E-state index in [1.807, 2.05) is 48.5 Å². The van der Waals surface area contributed by atoms with E-state index in [0.717, 1.165) is 12.0 Å². The molecule has 0 aliphatic carbocycles. The van der Waals surface area contributed by atoms with E-state index < -0.39 is 11.9 Å². The lowest BCUT2D eigenvalue weighted by molar-refractivity contribution is -0.710. The van der Waals surface area contributed by atoms with Gasteiger partial charge in [-0.2, -0.15) is 0 Å². The van der Waals surface area contributed by atoms with Gasteiger partial charge < -0.3 is 15.2 Å². The van der Waals surface area contributed by atoms with Crippen molar-refractivity contribution in [1.29, 1.82) is 0 Å². The number of nitrogens with two attached hydrogens (primary N) is 1. The highest BCUT2D eigenvalue weighted by atomic mass is 16.4. The number of benzene rings is 2. The molecular weight excluding hydrogens is 262 g/mol. The molecule has 0 saturated carbocycles. The van der Waals surface area contributed by atoms with Crippen LogP contribution in [0.2, 0.25) is 0 Å². The number of hydrogen-bond donors (Lipinski definition) is 1. The molecule has 0 aromatic heterocycles. The zero-order chi connectivity index (χ0) is 14.7. The quantitative estimate of drug-likeness (QED) is 0.906. The third-order valence-electron chi connectivity index (χ3n) is 4.43. The van der Waals surface area contributed by atoms with E-state index in [4.69, 9.17) is 0 Å². The number of hydrogen-bond acceptors (Lipinski definition) is 2. The molecule has 2 aromatic rings. The molecule has 21 heavy (non-hydrogen) atoms. The summed E-state index contributed by atoms with van der Waals surface area (Å²) in [6, 6.07) is 20.6. The Morgan fingerprint density at radius 1 is 0.952 bits per heavy atom. The van der Waals surface area contributed by atoms with Gasteiger partial charge in [-0.1, -0.05) is 60.7 Å². The Hall–Kier alpha value is -2.13. The van der Waals surface area contributed by atoms with Crippen LogP contribution in [0.15, 0.2) is 60.7 Å². The lowest BCUT2D eigenvalue weighted by atomic mass is 9.77. The minimum absolute atomic E-state index is 0.0198. The Balaban J connectivity index is 1.87. The lowest BCUT2D eigenvalue weighted by Crippen LogP contribution is -2.89. The molecular formula is C18H19NO2. The molecule has 0 unspecified atom stereocenters. The summed E-state index contributed by atoms with van der Waals surface area (Å²) in [7, 11) is 0. The first kappa shape index (κ1) is 13.8. The van der Waals surface area contributed by atoms with Crippen LogP contribution in [0.3, 0.4) is 0 Å². The molecule has 1 saturated heterocycles. The van der Waals surface area contributed by atoms with Gasteiger partial charge in [-0.15, -0.1) is 0 Å². The zero-order valence-electron chi connectivity index (χ0n) is 11.8. The van der Waals surface area contributed by atoms with Gasteiger partial charge in [0, 0.05) is 17.9 Å². The molecule has 0 spiro atoms. The molecule has 3 heteroatoms. The highest BCUT2D eigenvalue weighted by Crippen LogP contribution is 2.34. The van der Waals surface area contributed by atoms with Crippen molar-refractivity contribution in [2.24, 2.45) is 5.92 Å². The molecule has 2 aromatic carbocycles. The normalized spacial score (nSPS) is 25.4. The summed E-state index contributed by atoms with van der Waals surface area (Å²) < 4.78 is 0. The van der Waals surface area contributed by atoms with Gasteiger partial charge in [-0.3, -0.25) is 0 Å². The van der Waals surface area contributed by atoms with Gasteiger partial charge in [0.15, 0.2) is 0 Å². The summed E-state index contributed by atoms with van der Waals surface area (Å²) in [5, 5.41) is 13.6. The number of carboxylic acid groups (broad SMARTS) is 1. The van der Waals surface area contributed by atoms with Crippen LogP contribution in [0.5, 0.6) is 0 Å². The highest BCUT2D eigenvalue weighted by Gasteiger charge is 2.35. The maximum Gasteiger partial charge on any atom is 0.112 e. The van der Waals surface area contributed by atoms with Crippen molar-refractivity contribution in [3.8, 4) is 0 Å². The van der Waals surface area contributed by atoms with Crippen LogP contribution >= 0.6 is 0 Å². The summed E-state index contributed by atoms with van der Waals surface area (Å²) in [5.41, 5.74) is 2.36. The molecule has 0 bridgehead atoms. The van der Waals surface area contributed by atoms with Gasteiger partial charge in [0.25, 0.3) is 0 Å². The number of carbonyl (C=O) groups excluding carboxylic acids is 1. The van der Waals surface area contributed by atoms with E-state index >= 15 is 0 Å². The monoisotopic (exact) mass is 281 g/mol. The fourth-order valence-electron chi connectivity index (χ4n) is 3.31.